The number of carbonyl (C=O) groups is 2. The van der Waals surface area contributed by atoms with E-state index in [0.717, 1.165) is 25.7 Å². The molecule has 4 heteroatoms. The molecule has 19 heavy (non-hydrogen) atoms. The van der Waals surface area contributed by atoms with Crippen LogP contribution in [0.5, 0.6) is 0 Å². The summed E-state index contributed by atoms with van der Waals surface area (Å²) < 4.78 is 5.44. The second kappa shape index (κ2) is 6.40. The van der Waals surface area contributed by atoms with Crippen molar-refractivity contribution in [1.29, 1.82) is 0 Å². The van der Waals surface area contributed by atoms with Crippen molar-refractivity contribution in [3.63, 3.8) is 0 Å². The van der Waals surface area contributed by atoms with Gasteiger partial charge in [0.25, 0.3) is 0 Å². The van der Waals surface area contributed by atoms with Crippen LogP contribution in [0.15, 0.2) is 0 Å². The van der Waals surface area contributed by atoms with Crippen molar-refractivity contribution in [2.24, 2.45) is 5.92 Å². The van der Waals surface area contributed by atoms with Crippen molar-refractivity contribution < 1.29 is 14.3 Å². The van der Waals surface area contributed by atoms with Crippen molar-refractivity contribution in [2.45, 2.75) is 71.9 Å². The van der Waals surface area contributed by atoms with Crippen LogP contribution in [0.25, 0.3) is 0 Å². The predicted molar refractivity (Wildman–Crippen MR) is 74.7 cm³/mol. The summed E-state index contributed by atoms with van der Waals surface area (Å²) in [4.78, 5) is 26.3. The Morgan fingerprint density at radius 3 is 2.47 bits per heavy atom. The Hall–Kier alpha value is -1.06. The summed E-state index contributed by atoms with van der Waals surface area (Å²) in [6.07, 6.45) is 3.48. The number of piperidine rings is 1. The first kappa shape index (κ1) is 16.0. The molecule has 1 aliphatic rings. The number of amides is 1. The summed E-state index contributed by atoms with van der Waals surface area (Å²) in [7, 11) is 0. The van der Waals surface area contributed by atoms with E-state index in [2.05, 4.69) is 0 Å². The van der Waals surface area contributed by atoms with Gasteiger partial charge in [-0.3, -0.25) is 4.79 Å². The molecule has 0 saturated carbocycles. The number of ether oxygens (including phenoxy) is 1. The largest absolute Gasteiger partial charge is 0.458 e. The van der Waals surface area contributed by atoms with E-state index < -0.39 is 11.6 Å². The molecular formula is C15H27NO3. The molecule has 0 unspecified atom stereocenters. The quantitative estimate of drug-likeness (QED) is 0.740. The van der Waals surface area contributed by atoms with Crippen molar-refractivity contribution in [1.82, 2.24) is 4.90 Å². The van der Waals surface area contributed by atoms with Crippen LogP contribution in [0.2, 0.25) is 0 Å². The Balaban J connectivity index is 2.78. The highest BCUT2D eigenvalue weighted by Crippen LogP contribution is 2.23. The van der Waals surface area contributed by atoms with Crippen LogP contribution >= 0.6 is 0 Å². The van der Waals surface area contributed by atoms with Gasteiger partial charge in [0.05, 0.1) is 0 Å². The Bertz CT molecular complexity index is 333. The molecule has 1 rings (SSSR count). The smallest absolute Gasteiger partial charge is 0.329 e. The molecule has 0 aromatic rings. The van der Waals surface area contributed by atoms with Crippen molar-refractivity contribution >= 4 is 11.9 Å². The zero-order valence-corrected chi connectivity index (χ0v) is 12.9. The molecule has 0 aromatic carbocycles. The zero-order valence-electron chi connectivity index (χ0n) is 12.9. The molecular weight excluding hydrogens is 242 g/mol. The maximum absolute atomic E-state index is 12.3. The second-order valence-electron chi connectivity index (χ2n) is 6.39. The molecule has 0 spiro atoms. The normalized spacial score (nSPS) is 21.9. The fourth-order valence-electron chi connectivity index (χ4n) is 2.27. The number of rotatable bonds is 3. The lowest BCUT2D eigenvalue weighted by molar-refractivity contribution is -0.167. The highest BCUT2D eigenvalue weighted by atomic mass is 16.6. The highest BCUT2D eigenvalue weighted by Gasteiger charge is 2.36. The zero-order chi connectivity index (χ0) is 14.6. The molecule has 110 valence electrons. The molecule has 1 aliphatic heterocycles. The molecule has 0 radical (unpaired) electrons. The molecule has 1 heterocycles. The fourth-order valence-corrected chi connectivity index (χ4v) is 2.27. The van der Waals surface area contributed by atoms with Gasteiger partial charge in [-0.15, -0.1) is 0 Å². The molecule has 0 N–H and O–H groups in total. The molecule has 0 aliphatic carbocycles. The lowest BCUT2D eigenvalue weighted by Crippen LogP contribution is -2.51. The lowest BCUT2D eigenvalue weighted by atomic mass is 9.98. The summed E-state index contributed by atoms with van der Waals surface area (Å²) in [5, 5.41) is 0. The molecule has 1 fully saturated rings. The number of likely N-dealkylation sites (tertiary alicyclic amines) is 1. The minimum absolute atomic E-state index is 0.0250. The molecule has 0 aromatic heterocycles. The average molecular weight is 269 g/mol. The SMILES string of the molecule is CC[C@@H](C)C(=O)N1CCCC[C@H]1C(=O)OC(C)(C)C. The topological polar surface area (TPSA) is 46.6 Å². The van der Waals surface area contributed by atoms with Gasteiger partial charge in [0, 0.05) is 12.5 Å². The van der Waals surface area contributed by atoms with Gasteiger partial charge in [0.1, 0.15) is 11.6 Å². The van der Waals surface area contributed by atoms with Gasteiger partial charge in [-0.1, -0.05) is 13.8 Å². The third-order valence-corrected chi connectivity index (χ3v) is 3.50. The van der Waals surface area contributed by atoms with Crippen LogP contribution in [-0.2, 0) is 14.3 Å². The van der Waals surface area contributed by atoms with Crippen LogP contribution in [0, 0.1) is 5.92 Å². The van der Waals surface area contributed by atoms with Gasteiger partial charge in [-0.25, -0.2) is 4.79 Å². The minimum Gasteiger partial charge on any atom is -0.458 e. The number of esters is 1. The summed E-state index contributed by atoms with van der Waals surface area (Å²) >= 11 is 0. The first-order valence-corrected chi connectivity index (χ1v) is 7.29. The number of hydrogen-bond donors (Lipinski definition) is 0. The van der Waals surface area contributed by atoms with Crippen LogP contribution in [0.4, 0.5) is 0 Å². The van der Waals surface area contributed by atoms with Crippen molar-refractivity contribution in [3.05, 3.63) is 0 Å². The Morgan fingerprint density at radius 2 is 1.95 bits per heavy atom. The van der Waals surface area contributed by atoms with Gasteiger partial charge >= 0.3 is 5.97 Å². The third kappa shape index (κ3) is 4.51. The predicted octanol–water partition coefficient (Wildman–Crippen LogP) is 2.76. The average Bonchev–Trinajstić information content (AvgIpc) is 2.35. The molecule has 1 saturated heterocycles. The van der Waals surface area contributed by atoms with E-state index in [4.69, 9.17) is 4.74 Å². The van der Waals surface area contributed by atoms with E-state index in [1.54, 1.807) is 4.90 Å². The summed E-state index contributed by atoms with van der Waals surface area (Å²) in [6.45, 7) is 10.2. The number of carbonyl (C=O) groups excluding carboxylic acids is 2. The van der Waals surface area contributed by atoms with Crippen LogP contribution in [0.3, 0.4) is 0 Å². The van der Waals surface area contributed by atoms with Gasteiger partial charge in [0.2, 0.25) is 5.91 Å². The minimum atomic E-state index is -0.500. The van der Waals surface area contributed by atoms with Gasteiger partial charge in [0.15, 0.2) is 0 Å². The van der Waals surface area contributed by atoms with Gasteiger partial charge < -0.3 is 9.64 Å². The van der Waals surface area contributed by atoms with Gasteiger partial charge in [-0.05, 0) is 46.5 Å². The molecule has 2 atom stereocenters. The first-order valence-electron chi connectivity index (χ1n) is 7.29. The van der Waals surface area contributed by atoms with Crippen LogP contribution in [0.1, 0.15) is 60.3 Å². The van der Waals surface area contributed by atoms with E-state index in [-0.39, 0.29) is 17.8 Å². The van der Waals surface area contributed by atoms with Gasteiger partial charge in [-0.2, -0.15) is 0 Å². The monoisotopic (exact) mass is 269 g/mol. The van der Waals surface area contributed by atoms with Crippen molar-refractivity contribution in [2.75, 3.05) is 6.54 Å². The second-order valence-corrected chi connectivity index (χ2v) is 6.39. The highest BCUT2D eigenvalue weighted by molar-refractivity contribution is 5.86. The van der Waals surface area contributed by atoms with Crippen LogP contribution in [-0.4, -0.2) is 35.0 Å². The third-order valence-electron chi connectivity index (χ3n) is 3.50. The molecule has 1 amide bonds. The van der Waals surface area contributed by atoms with Crippen LogP contribution < -0.4 is 0 Å². The maximum Gasteiger partial charge on any atom is 0.329 e. The maximum atomic E-state index is 12.3. The molecule has 4 nitrogen and oxygen atoms in total. The van der Waals surface area contributed by atoms with E-state index in [0.29, 0.717) is 6.54 Å². The van der Waals surface area contributed by atoms with E-state index >= 15 is 0 Å². The fraction of sp³-hybridized carbons (Fsp3) is 0.867. The standard InChI is InChI=1S/C15H27NO3/c1-6-11(2)13(17)16-10-8-7-9-12(16)14(18)19-15(3,4)5/h11-12H,6-10H2,1-5H3/t11-,12+/m1/s1. The van der Waals surface area contributed by atoms with E-state index in [1.165, 1.54) is 0 Å². The first-order chi connectivity index (χ1) is 8.76. The Labute approximate surface area is 116 Å². The summed E-state index contributed by atoms with van der Waals surface area (Å²) in [5.74, 6) is -0.204. The number of hydrogen-bond acceptors (Lipinski definition) is 3. The number of nitrogens with zero attached hydrogens (tertiary/aromatic N) is 1. The molecule has 0 bridgehead atoms. The summed E-state index contributed by atoms with van der Waals surface area (Å²) in [6, 6.07) is -0.394. The lowest BCUT2D eigenvalue weighted by Gasteiger charge is -2.37. The summed E-state index contributed by atoms with van der Waals surface area (Å²) in [5.41, 5.74) is -0.500. The van der Waals surface area contributed by atoms with E-state index in [9.17, 15) is 9.59 Å². The van der Waals surface area contributed by atoms with E-state index in [1.807, 2.05) is 34.6 Å². The Kier molecular flexibility index (Phi) is 5.39. The van der Waals surface area contributed by atoms with Crippen molar-refractivity contribution in [3.8, 4) is 0 Å². The Morgan fingerprint density at radius 1 is 1.32 bits per heavy atom.